The Morgan fingerprint density at radius 1 is 1.73 bits per heavy atom. The molecule has 0 bridgehead atoms. The second kappa shape index (κ2) is 3.25. The molecule has 0 fully saturated rings. The van der Waals surface area contributed by atoms with Crippen LogP contribution >= 0.6 is 0 Å². The van der Waals surface area contributed by atoms with Crippen LogP contribution in [0.3, 0.4) is 0 Å². The first kappa shape index (κ1) is 7.87. The van der Waals surface area contributed by atoms with Gasteiger partial charge >= 0.3 is 0 Å². The Morgan fingerprint density at radius 3 is 3.00 bits per heavy atom. The van der Waals surface area contributed by atoms with Gasteiger partial charge in [0.1, 0.15) is 6.07 Å². The SMILES string of the molecule is CCCc1c(C#N)c[nH]c1C.[HH]. The summed E-state index contributed by atoms with van der Waals surface area (Å²) in [5.41, 5.74) is 3.10. The fourth-order valence-corrected chi connectivity index (χ4v) is 1.23. The summed E-state index contributed by atoms with van der Waals surface area (Å²) in [5, 5.41) is 8.69. The fourth-order valence-electron chi connectivity index (χ4n) is 1.23. The minimum Gasteiger partial charge on any atom is -0.364 e. The highest BCUT2D eigenvalue weighted by Gasteiger charge is 2.04. The quantitative estimate of drug-likeness (QED) is 0.690. The van der Waals surface area contributed by atoms with Gasteiger partial charge < -0.3 is 4.98 Å². The number of aromatic amines is 1. The van der Waals surface area contributed by atoms with Crippen molar-refractivity contribution in [3.8, 4) is 6.07 Å². The molecule has 11 heavy (non-hydrogen) atoms. The van der Waals surface area contributed by atoms with E-state index in [1.54, 1.807) is 6.20 Å². The summed E-state index contributed by atoms with van der Waals surface area (Å²) >= 11 is 0. The van der Waals surface area contributed by atoms with Gasteiger partial charge in [0.05, 0.1) is 5.56 Å². The molecule has 1 aromatic rings. The highest BCUT2D eigenvalue weighted by Crippen LogP contribution is 2.13. The van der Waals surface area contributed by atoms with E-state index in [1.807, 2.05) is 6.92 Å². The Bertz CT molecular complexity index is 283. The zero-order valence-electron chi connectivity index (χ0n) is 6.94. The normalized spacial score (nSPS) is 9.55. The number of hydrogen-bond acceptors (Lipinski definition) is 1. The highest BCUT2D eigenvalue weighted by atomic mass is 14.7. The number of aryl methyl sites for hydroxylation is 1. The zero-order chi connectivity index (χ0) is 8.27. The average Bonchev–Trinajstić information content (AvgIpc) is 2.34. The van der Waals surface area contributed by atoms with Crippen molar-refractivity contribution in [2.24, 2.45) is 0 Å². The number of nitrogens with zero attached hydrogens (tertiary/aromatic N) is 1. The van der Waals surface area contributed by atoms with Crippen molar-refractivity contribution in [1.82, 2.24) is 4.98 Å². The van der Waals surface area contributed by atoms with Crippen LogP contribution in [0.2, 0.25) is 0 Å². The lowest BCUT2D eigenvalue weighted by atomic mass is 10.1. The van der Waals surface area contributed by atoms with Gasteiger partial charge in [0.15, 0.2) is 0 Å². The van der Waals surface area contributed by atoms with Gasteiger partial charge in [-0.25, -0.2) is 0 Å². The second-order valence-electron chi connectivity index (χ2n) is 2.67. The lowest BCUT2D eigenvalue weighted by Gasteiger charge is -1.95. The number of aromatic nitrogens is 1. The summed E-state index contributed by atoms with van der Waals surface area (Å²) in [5.74, 6) is 0. The van der Waals surface area contributed by atoms with Gasteiger partial charge in [-0.2, -0.15) is 5.26 Å². The molecule has 1 heterocycles. The third kappa shape index (κ3) is 1.43. The standard InChI is InChI=1S/C9H12N2.H2/c1-3-4-9-7(2)11-6-8(9)5-10;/h6,11H,3-4H2,1-2H3;1H. The number of rotatable bonds is 2. The Kier molecular flexibility index (Phi) is 2.32. The molecule has 0 saturated carbocycles. The second-order valence-corrected chi connectivity index (χ2v) is 2.67. The topological polar surface area (TPSA) is 39.6 Å². The predicted octanol–water partition coefficient (Wildman–Crippen LogP) is 2.39. The number of nitrogens with one attached hydrogen (secondary N) is 1. The first-order valence-electron chi connectivity index (χ1n) is 3.86. The largest absolute Gasteiger partial charge is 0.364 e. The summed E-state index contributed by atoms with van der Waals surface area (Å²) in [6.07, 6.45) is 3.87. The Hall–Kier alpha value is -1.23. The van der Waals surface area contributed by atoms with E-state index in [4.69, 9.17) is 5.26 Å². The van der Waals surface area contributed by atoms with Crippen LogP contribution in [0.4, 0.5) is 0 Å². The van der Waals surface area contributed by atoms with E-state index in [9.17, 15) is 0 Å². The monoisotopic (exact) mass is 150 g/mol. The molecule has 2 nitrogen and oxygen atoms in total. The fraction of sp³-hybridized carbons (Fsp3) is 0.444. The van der Waals surface area contributed by atoms with Crippen molar-refractivity contribution in [3.05, 3.63) is 23.0 Å². The summed E-state index contributed by atoms with van der Waals surface area (Å²) in [4.78, 5) is 3.05. The van der Waals surface area contributed by atoms with Crippen molar-refractivity contribution in [2.75, 3.05) is 0 Å². The number of hydrogen-bond donors (Lipinski definition) is 1. The predicted molar refractivity (Wildman–Crippen MR) is 46.4 cm³/mol. The van der Waals surface area contributed by atoms with Gasteiger partial charge in [-0.1, -0.05) is 13.3 Å². The molecular weight excluding hydrogens is 136 g/mol. The maximum atomic E-state index is 8.69. The molecule has 2 heteroatoms. The smallest absolute Gasteiger partial charge is 0.101 e. The molecule has 0 saturated heterocycles. The minimum atomic E-state index is 0. The van der Waals surface area contributed by atoms with Gasteiger partial charge in [0.25, 0.3) is 0 Å². The van der Waals surface area contributed by atoms with Crippen molar-refractivity contribution >= 4 is 0 Å². The van der Waals surface area contributed by atoms with Crippen LogP contribution in [0, 0.1) is 18.3 Å². The van der Waals surface area contributed by atoms with Gasteiger partial charge in [0, 0.05) is 13.3 Å². The lowest BCUT2D eigenvalue weighted by molar-refractivity contribution is 0.910. The Morgan fingerprint density at radius 2 is 2.45 bits per heavy atom. The molecule has 0 spiro atoms. The van der Waals surface area contributed by atoms with E-state index >= 15 is 0 Å². The summed E-state index contributed by atoms with van der Waals surface area (Å²) < 4.78 is 0. The molecule has 1 N–H and O–H groups in total. The zero-order valence-corrected chi connectivity index (χ0v) is 6.94. The van der Waals surface area contributed by atoms with E-state index in [-0.39, 0.29) is 1.43 Å². The van der Waals surface area contributed by atoms with Crippen LogP contribution < -0.4 is 0 Å². The number of H-pyrrole nitrogens is 1. The third-order valence-electron chi connectivity index (χ3n) is 1.83. The first-order valence-corrected chi connectivity index (χ1v) is 3.86. The first-order chi connectivity index (χ1) is 5.29. The molecule has 0 aliphatic carbocycles. The molecule has 60 valence electrons. The lowest BCUT2D eigenvalue weighted by Crippen LogP contribution is -1.86. The van der Waals surface area contributed by atoms with E-state index in [2.05, 4.69) is 18.0 Å². The van der Waals surface area contributed by atoms with Gasteiger partial charge in [0.2, 0.25) is 0 Å². The molecule has 0 aliphatic heterocycles. The number of nitriles is 1. The van der Waals surface area contributed by atoms with E-state index in [1.165, 1.54) is 5.56 Å². The molecule has 0 amide bonds. The van der Waals surface area contributed by atoms with Gasteiger partial charge in [-0.05, 0) is 18.9 Å². The average molecular weight is 150 g/mol. The van der Waals surface area contributed by atoms with Gasteiger partial charge in [-0.3, -0.25) is 0 Å². The van der Waals surface area contributed by atoms with Crippen LogP contribution in [-0.2, 0) is 6.42 Å². The van der Waals surface area contributed by atoms with E-state index in [0.717, 1.165) is 24.1 Å². The van der Waals surface area contributed by atoms with Gasteiger partial charge in [-0.15, -0.1) is 0 Å². The third-order valence-corrected chi connectivity index (χ3v) is 1.83. The van der Waals surface area contributed by atoms with Crippen LogP contribution in [0.15, 0.2) is 6.20 Å². The van der Waals surface area contributed by atoms with Crippen LogP contribution in [0.5, 0.6) is 0 Å². The van der Waals surface area contributed by atoms with Crippen molar-refractivity contribution in [1.29, 1.82) is 5.26 Å². The molecule has 0 unspecified atom stereocenters. The summed E-state index contributed by atoms with van der Waals surface area (Å²) in [6.45, 7) is 4.12. The molecule has 0 atom stereocenters. The van der Waals surface area contributed by atoms with Crippen LogP contribution in [0.1, 0.15) is 31.6 Å². The van der Waals surface area contributed by atoms with Crippen LogP contribution in [-0.4, -0.2) is 4.98 Å². The molecule has 1 rings (SSSR count). The Balaban J connectivity index is 0.00000121. The molecule has 1 aromatic heterocycles. The summed E-state index contributed by atoms with van der Waals surface area (Å²) in [6, 6.07) is 2.17. The van der Waals surface area contributed by atoms with Crippen molar-refractivity contribution in [3.63, 3.8) is 0 Å². The highest BCUT2D eigenvalue weighted by molar-refractivity contribution is 5.39. The maximum absolute atomic E-state index is 8.69. The van der Waals surface area contributed by atoms with Crippen molar-refractivity contribution in [2.45, 2.75) is 26.7 Å². The Labute approximate surface area is 68.3 Å². The molecule has 0 aromatic carbocycles. The minimum absolute atomic E-state index is 0. The molecule has 0 aliphatic rings. The summed E-state index contributed by atoms with van der Waals surface area (Å²) in [7, 11) is 0. The maximum Gasteiger partial charge on any atom is 0.101 e. The molecular formula is C9H14N2. The van der Waals surface area contributed by atoms with E-state index in [0.29, 0.717) is 0 Å². The van der Waals surface area contributed by atoms with Crippen LogP contribution in [0.25, 0.3) is 0 Å². The van der Waals surface area contributed by atoms with Crippen molar-refractivity contribution < 1.29 is 1.43 Å². The molecule has 0 radical (unpaired) electrons. The van der Waals surface area contributed by atoms with E-state index < -0.39 is 0 Å².